The number of fused-ring (bicyclic) bond motifs is 1. The van der Waals surface area contributed by atoms with Gasteiger partial charge < -0.3 is 9.88 Å². The average Bonchev–Trinajstić information content (AvgIpc) is 2.89. The minimum atomic E-state index is -4.44. The molecule has 0 fully saturated rings. The summed E-state index contributed by atoms with van der Waals surface area (Å²) in [6, 6.07) is 6.44. The Morgan fingerprint density at radius 2 is 2.00 bits per heavy atom. The van der Waals surface area contributed by atoms with Crippen molar-refractivity contribution >= 4 is 16.8 Å². The summed E-state index contributed by atoms with van der Waals surface area (Å²) in [5.74, 6) is -0.479. The van der Waals surface area contributed by atoms with E-state index in [1.54, 1.807) is 20.0 Å². The molecule has 0 atom stereocenters. The number of pyridine rings is 1. The van der Waals surface area contributed by atoms with Gasteiger partial charge in [-0.3, -0.25) is 14.3 Å². The van der Waals surface area contributed by atoms with Crippen molar-refractivity contribution in [1.82, 2.24) is 19.7 Å². The number of aryl methyl sites for hydroxylation is 2. The number of halogens is 3. The zero-order chi connectivity index (χ0) is 19.8. The van der Waals surface area contributed by atoms with Crippen LogP contribution in [0.15, 0.2) is 41.3 Å². The van der Waals surface area contributed by atoms with E-state index in [4.69, 9.17) is 0 Å². The topological polar surface area (TPSA) is 68.9 Å². The van der Waals surface area contributed by atoms with E-state index < -0.39 is 17.6 Å². The predicted molar refractivity (Wildman–Crippen MR) is 93.0 cm³/mol. The Labute approximate surface area is 152 Å². The van der Waals surface area contributed by atoms with Crippen molar-refractivity contribution in [3.05, 3.63) is 63.7 Å². The molecule has 27 heavy (non-hydrogen) atoms. The quantitative estimate of drug-likeness (QED) is 0.758. The highest BCUT2D eigenvalue weighted by molar-refractivity contribution is 5.81. The van der Waals surface area contributed by atoms with Crippen molar-refractivity contribution in [3.63, 3.8) is 0 Å². The number of alkyl halides is 3. The van der Waals surface area contributed by atoms with E-state index in [0.29, 0.717) is 22.2 Å². The molecule has 0 aliphatic rings. The van der Waals surface area contributed by atoms with Gasteiger partial charge in [-0.25, -0.2) is 0 Å². The van der Waals surface area contributed by atoms with Crippen molar-refractivity contribution < 1.29 is 18.0 Å². The van der Waals surface area contributed by atoms with Gasteiger partial charge in [0.2, 0.25) is 5.91 Å². The number of carbonyl (C=O) groups is 1. The van der Waals surface area contributed by atoms with E-state index in [9.17, 15) is 22.8 Å². The Hall–Kier alpha value is -3.10. The SMILES string of the molecule is Cc1nn(C)c2c(=O)n(CC(=O)NCc3cccc(C(F)(F)F)c3)ccc12. The van der Waals surface area contributed by atoms with Gasteiger partial charge in [-0.05, 0) is 30.7 Å². The van der Waals surface area contributed by atoms with Gasteiger partial charge in [0.1, 0.15) is 12.1 Å². The predicted octanol–water partition coefficient (Wildman–Crippen LogP) is 2.38. The largest absolute Gasteiger partial charge is 0.416 e. The molecule has 0 unspecified atom stereocenters. The fraction of sp³-hybridized carbons (Fsp3) is 0.278. The highest BCUT2D eigenvalue weighted by Crippen LogP contribution is 2.29. The molecule has 9 heteroatoms. The monoisotopic (exact) mass is 378 g/mol. The van der Waals surface area contributed by atoms with Crippen molar-refractivity contribution in [2.75, 3.05) is 0 Å². The van der Waals surface area contributed by atoms with Crippen molar-refractivity contribution in [2.24, 2.45) is 7.05 Å². The summed E-state index contributed by atoms with van der Waals surface area (Å²) < 4.78 is 40.9. The third kappa shape index (κ3) is 3.86. The van der Waals surface area contributed by atoms with Crippen LogP contribution in [0, 0.1) is 6.92 Å². The molecule has 142 valence electrons. The van der Waals surface area contributed by atoms with Gasteiger partial charge in [0.05, 0.1) is 11.3 Å². The molecule has 0 bridgehead atoms. The molecule has 0 radical (unpaired) electrons. The molecule has 6 nitrogen and oxygen atoms in total. The van der Waals surface area contributed by atoms with Crippen molar-refractivity contribution in [1.29, 1.82) is 0 Å². The molecule has 0 spiro atoms. The summed E-state index contributed by atoms with van der Waals surface area (Å²) in [7, 11) is 1.65. The van der Waals surface area contributed by atoms with E-state index >= 15 is 0 Å². The molecule has 3 aromatic rings. The molecule has 2 aromatic heterocycles. The van der Waals surface area contributed by atoms with Crippen LogP contribution in [0.2, 0.25) is 0 Å². The number of hydrogen-bond acceptors (Lipinski definition) is 3. The van der Waals surface area contributed by atoms with Gasteiger partial charge in [-0.1, -0.05) is 12.1 Å². The highest BCUT2D eigenvalue weighted by atomic mass is 19.4. The maximum atomic E-state index is 12.7. The third-order valence-corrected chi connectivity index (χ3v) is 4.21. The maximum Gasteiger partial charge on any atom is 0.416 e. The fourth-order valence-corrected chi connectivity index (χ4v) is 2.89. The van der Waals surface area contributed by atoms with Crippen molar-refractivity contribution in [2.45, 2.75) is 26.2 Å². The molecule has 1 amide bonds. The first-order chi connectivity index (χ1) is 12.7. The van der Waals surface area contributed by atoms with Crippen LogP contribution in [0.25, 0.3) is 10.9 Å². The zero-order valence-electron chi connectivity index (χ0n) is 14.7. The summed E-state index contributed by atoms with van der Waals surface area (Å²) in [5.41, 5.74) is 0.293. The number of benzene rings is 1. The van der Waals surface area contributed by atoms with E-state index in [0.717, 1.165) is 12.1 Å². The number of aromatic nitrogens is 3. The minimum absolute atomic E-state index is 0.0649. The molecule has 0 saturated carbocycles. The summed E-state index contributed by atoms with van der Waals surface area (Å²) in [5, 5.41) is 7.43. The molecular weight excluding hydrogens is 361 g/mol. The summed E-state index contributed by atoms with van der Waals surface area (Å²) in [4.78, 5) is 24.7. The highest BCUT2D eigenvalue weighted by Gasteiger charge is 2.30. The first-order valence-electron chi connectivity index (χ1n) is 8.12. The first kappa shape index (κ1) is 18.7. The lowest BCUT2D eigenvalue weighted by molar-refractivity contribution is -0.137. The summed E-state index contributed by atoms with van der Waals surface area (Å²) >= 11 is 0. The number of nitrogens with one attached hydrogen (secondary N) is 1. The number of hydrogen-bond donors (Lipinski definition) is 1. The summed E-state index contributed by atoms with van der Waals surface area (Å²) in [6.45, 7) is 1.48. The molecule has 0 aliphatic heterocycles. The number of carbonyl (C=O) groups excluding carboxylic acids is 1. The lowest BCUT2D eigenvalue weighted by Crippen LogP contribution is -2.32. The molecule has 0 aliphatic carbocycles. The van der Waals surface area contributed by atoms with Crippen LogP contribution in [0.3, 0.4) is 0 Å². The maximum absolute atomic E-state index is 12.7. The lowest BCUT2D eigenvalue weighted by Gasteiger charge is -2.10. The Morgan fingerprint density at radius 3 is 2.70 bits per heavy atom. The molecule has 2 heterocycles. The Balaban J connectivity index is 1.72. The standard InChI is InChI=1S/C18H17F3N4O2/c1-11-14-6-7-25(17(27)16(14)24(2)23-11)10-15(26)22-9-12-4-3-5-13(8-12)18(19,20)21/h3-8H,9-10H2,1-2H3,(H,22,26). The number of rotatable bonds is 4. The van der Waals surface area contributed by atoms with Crippen LogP contribution in [-0.4, -0.2) is 20.3 Å². The number of nitrogens with zero attached hydrogens (tertiary/aromatic N) is 3. The van der Waals surface area contributed by atoms with Crippen molar-refractivity contribution in [3.8, 4) is 0 Å². The van der Waals surface area contributed by atoms with Gasteiger partial charge >= 0.3 is 6.18 Å². The van der Waals surface area contributed by atoms with Crippen LogP contribution in [-0.2, 0) is 31.1 Å². The van der Waals surface area contributed by atoms with E-state index in [1.807, 2.05) is 0 Å². The Bertz CT molecular complexity index is 1070. The van der Waals surface area contributed by atoms with Crippen LogP contribution in [0.5, 0.6) is 0 Å². The third-order valence-electron chi connectivity index (χ3n) is 4.21. The van der Waals surface area contributed by atoms with E-state index in [1.165, 1.54) is 27.6 Å². The first-order valence-corrected chi connectivity index (χ1v) is 8.12. The normalized spacial score (nSPS) is 11.7. The Morgan fingerprint density at radius 1 is 1.26 bits per heavy atom. The van der Waals surface area contributed by atoms with Gasteiger partial charge in [0.15, 0.2) is 0 Å². The second-order valence-corrected chi connectivity index (χ2v) is 6.19. The van der Waals surface area contributed by atoms with Crippen LogP contribution < -0.4 is 10.9 Å². The molecule has 1 aromatic carbocycles. The second-order valence-electron chi connectivity index (χ2n) is 6.19. The van der Waals surface area contributed by atoms with Gasteiger partial charge in [0.25, 0.3) is 5.56 Å². The van der Waals surface area contributed by atoms with E-state index in [2.05, 4.69) is 10.4 Å². The minimum Gasteiger partial charge on any atom is -0.350 e. The molecule has 1 N–H and O–H groups in total. The fourth-order valence-electron chi connectivity index (χ4n) is 2.89. The van der Waals surface area contributed by atoms with Gasteiger partial charge in [-0.2, -0.15) is 18.3 Å². The van der Waals surface area contributed by atoms with Gasteiger partial charge in [-0.15, -0.1) is 0 Å². The second kappa shape index (κ2) is 6.90. The molecule has 3 rings (SSSR count). The van der Waals surface area contributed by atoms with Crippen LogP contribution >= 0.6 is 0 Å². The molecular formula is C18H17F3N4O2. The average molecular weight is 378 g/mol. The van der Waals surface area contributed by atoms with E-state index in [-0.39, 0.29) is 18.6 Å². The Kier molecular flexibility index (Phi) is 4.77. The lowest BCUT2D eigenvalue weighted by atomic mass is 10.1. The smallest absolute Gasteiger partial charge is 0.350 e. The van der Waals surface area contributed by atoms with Gasteiger partial charge in [0, 0.05) is 25.2 Å². The summed E-state index contributed by atoms with van der Waals surface area (Å²) in [6.07, 6.45) is -2.94. The number of amides is 1. The van der Waals surface area contributed by atoms with Crippen LogP contribution in [0.4, 0.5) is 13.2 Å². The molecule has 0 saturated heterocycles. The van der Waals surface area contributed by atoms with Crippen LogP contribution in [0.1, 0.15) is 16.8 Å². The zero-order valence-corrected chi connectivity index (χ0v) is 14.7.